The van der Waals surface area contributed by atoms with Crippen molar-refractivity contribution in [2.24, 2.45) is 28.1 Å². The number of guanidine groups is 1. The highest BCUT2D eigenvalue weighted by atomic mass is 32.2. The van der Waals surface area contributed by atoms with Gasteiger partial charge in [-0.1, -0.05) is 44.2 Å². The Morgan fingerprint density at radius 3 is 2.08 bits per heavy atom. The van der Waals surface area contributed by atoms with Gasteiger partial charge in [0.15, 0.2) is 5.96 Å². The van der Waals surface area contributed by atoms with Gasteiger partial charge in [-0.2, -0.15) is 11.8 Å². The van der Waals surface area contributed by atoms with Crippen molar-refractivity contribution in [2.75, 3.05) is 18.6 Å². The maximum Gasteiger partial charge on any atom is 0.326 e. The van der Waals surface area contributed by atoms with Gasteiger partial charge in [0, 0.05) is 13.0 Å². The number of aliphatic imine (C=N–C) groups is 1. The summed E-state index contributed by atoms with van der Waals surface area (Å²) < 4.78 is 0. The average molecular weight is 566 g/mol. The molecule has 3 amide bonds. The second kappa shape index (κ2) is 18.1. The van der Waals surface area contributed by atoms with E-state index in [0.29, 0.717) is 18.6 Å². The molecule has 0 aliphatic rings. The van der Waals surface area contributed by atoms with E-state index in [0.717, 1.165) is 5.56 Å². The van der Waals surface area contributed by atoms with Gasteiger partial charge in [-0.05, 0) is 49.2 Å². The Bertz CT molecular complexity index is 957. The van der Waals surface area contributed by atoms with Crippen LogP contribution in [0.25, 0.3) is 0 Å². The van der Waals surface area contributed by atoms with Crippen LogP contribution in [-0.4, -0.2) is 77.5 Å². The first-order valence-electron chi connectivity index (χ1n) is 12.9. The Kier molecular flexibility index (Phi) is 15.6. The Morgan fingerprint density at radius 2 is 1.51 bits per heavy atom. The molecule has 0 aromatic heterocycles. The van der Waals surface area contributed by atoms with Gasteiger partial charge in [0.2, 0.25) is 17.7 Å². The van der Waals surface area contributed by atoms with Crippen LogP contribution in [0, 0.1) is 5.92 Å². The molecule has 0 aliphatic carbocycles. The smallest absolute Gasteiger partial charge is 0.326 e. The lowest BCUT2D eigenvalue weighted by atomic mass is 10.0. The first kappa shape index (κ1) is 33.7. The summed E-state index contributed by atoms with van der Waals surface area (Å²) in [6.07, 6.45) is 3.27. The summed E-state index contributed by atoms with van der Waals surface area (Å²) in [5.41, 5.74) is 17.5. The molecule has 0 saturated heterocycles. The topological polar surface area (TPSA) is 215 Å². The normalized spacial score (nSPS) is 14.0. The van der Waals surface area contributed by atoms with Gasteiger partial charge in [0.05, 0.1) is 6.04 Å². The SMILES string of the molecule is CSCCC(N)C(=O)NC(CCCN=C(N)N)C(=O)NC(CC(C)C)C(=O)NC(Cc1ccccc1)C(=O)O. The molecular weight excluding hydrogens is 522 g/mol. The van der Waals surface area contributed by atoms with Gasteiger partial charge < -0.3 is 38.3 Å². The van der Waals surface area contributed by atoms with Crippen LogP contribution in [0.15, 0.2) is 35.3 Å². The summed E-state index contributed by atoms with van der Waals surface area (Å²) in [6, 6.07) is 4.94. The van der Waals surface area contributed by atoms with E-state index in [-0.39, 0.29) is 37.7 Å². The van der Waals surface area contributed by atoms with Crippen LogP contribution in [0.1, 0.15) is 45.1 Å². The lowest BCUT2D eigenvalue weighted by Gasteiger charge is -2.26. The zero-order valence-electron chi connectivity index (χ0n) is 22.9. The fraction of sp³-hybridized carbons (Fsp3) is 0.577. The summed E-state index contributed by atoms with van der Waals surface area (Å²) in [7, 11) is 0. The van der Waals surface area contributed by atoms with E-state index >= 15 is 0 Å². The van der Waals surface area contributed by atoms with Gasteiger partial charge in [-0.3, -0.25) is 19.4 Å². The van der Waals surface area contributed by atoms with E-state index in [2.05, 4.69) is 20.9 Å². The Hall–Kier alpha value is -3.32. The fourth-order valence-corrected chi connectivity index (χ4v) is 4.21. The van der Waals surface area contributed by atoms with Crippen LogP contribution in [0.4, 0.5) is 0 Å². The molecule has 4 unspecified atom stereocenters. The van der Waals surface area contributed by atoms with E-state index in [1.807, 2.05) is 26.2 Å². The minimum Gasteiger partial charge on any atom is -0.480 e. The number of carboxylic acids is 1. The third-order valence-electron chi connectivity index (χ3n) is 5.79. The molecule has 0 saturated carbocycles. The van der Waals surface area contributed by atoms with Crippen LogP contribution >= 0.6 is 11.8 Å². The highest BCUT2D eigenvalue weighted by molar-refractivity contribution is 7.98. The maximum atomic E-state index is 13.3. The number of carbonyl (C=O) groups excluding carboxylic acids is 3. The van der Waals surface area contributed by atoms with E-state index in [1.165, 1.54) is 0 Å². The molecule has 0 fully saturated rings. The number of nitrogens with one attached hydrogen (secondary N) is 3. The van der Waals surface area contributed by atoms with Crippen molar-refractivity contribution < 1.29 is 24.3 Å². The quantitative estimate of drug-likeness (QED) is 0.0720. The van der Waals surface area contributed by atoms with E-state index < -0.39 is 47.9 Å². The average Bonchev–Trinajstić information content (AvgIpc) is 2.87. The van der Waals surface area contributed by atoms with Gasteiger partial charge in [0.1, 0.15) is 18.1 Å². The van der Waals surface area contributed by atoms with Crippen LogP contribution in [0.2, 0.25) is 0 Å². The Balaban J connectivity index is 3.02. The second-order valence-electron chi connectivity index (χ2n) is 9.68. The second-order valence-corrected chi connectivity index (χ2v) is 10.7. The lowest BCUT2D eigenvalue weighted by molar-refractivity contribution is -0.142. The number of hydrogen-bond donors (Lipinski definition) is 7. The summed E-state index contributed by atoms with van der Waals surface area (Å²) in [5.74, 6) is -2.27. The summed E-state index contributed by atoms with van der Waals surface area (Å²) >= 11 is 1.55. The maximum absolute atomic E-state index is 13.3. The highest BCUT2D eigenvalue weighted by Crippen LogP contribution is 2.10. The van der Waals surface area contributed by atoms with Crippen molar-refractivity contribution >= 4 is 41.4 Å². The zero-order chi connectivity index (χ0) is 29.4. The fourth-order valence-electron chi connectivity index (χ4n) is 3.72. The number of carboxylic acid groups (broad SMARTS) is 1. The summed E-state index contributed by atoms with van der Waals surface area (Å²) in [4.78, 5) is 54.9. The number of carbonyl (C=O) groups is 4. The molecule has 13 heteroatoms. The van der Waals surface area contributed by atoms with Gasteiger partial charge in [0.25, 0.3) is 0 Å². The van der Waals surface area contributed by atoms with Crippen molar-refractivity contribution in [3.05, 3.63) is 35.9 Å². The van der Waals surface area contributed by atoms with Crippen molar-refractivity contribution in [1.29, 1.82) is 0 Å². The van der Waals surface area contributed by atoms with E-state index in [9.17, 15) is 24.3 Å². The van der Waals surface area contributed by atoms with Crippen LogP contribution in [-0.2, 0) is 25.6 Å². The molecule has 0 heterocycles. The molecule has 1 aromatic carbocycles. The number of amides is 3. The number of nitrogens with two attached hydrogens (primary N) is 3. The minimum absolute atomic E-state index is 0.00771. The van der Waals surface area contributed by atoms with Crippen LogP contribution in [0.3, 0.4) is 0 Å². The van der Waals surface area contributed by atoms with Crippen molar-refractivity contribution in [2.45, 2.75) is 70.1 Å². The van der Waals surface area contributed by atoms with Crippen LogP contribution in [0.5, 0.6) is 0 Å². The number of nitrogens with zero attached hydrogens (tertiary/aromatic N) is 1. The van der Waals surface area contributed by atoms with Gasteiger partial charge in [-0.25, -0.2) is 4.79 Å². The molecular formula is C26H43N7O5S. The van der Waals surface area contributed by atoms with Crippen LogP contribution < -0.4 is 33.2 Å². The van der Waals surface area contributed by atoms with Gasteiger partial charge in [-0.15, -0.1) is 0 Å². The Labute approximate surface area is 234 Å². The first-order chi connectivity index (χ1) is 18.4. The number of thioether (sulfide) groups is 1. The Morgan fingerprint density at radius 1 is 0.923 bits per heavy atom. The van der Waals surface area contributed by atoms with Crippen molar-refractivity contribution in [3.8, 4) is 0 Å². The predicted molar refractivity (Wildman–Crippen MR) is 154 cm³/mol. The molecule has 0 aliphatic heterocycles. The molecule has 0 radical (unpaired) electrons. The molecule has 1 rings (SSSR count). The number of benzene rings is 1. The molecule has 218 valence electrons. The zero-order valence-corrected chi connectivity index (χ0v) is 23.7. The molecule has 0 bridgehead atoms. The highest BCUT2D eigenvalue weighted by Gasteiger charge is 2.30. The molecule has 12 nitrogen and oxygen atoms in total. The molecule has 0 spiro atoms. The summed E-state index contributed by atoms with van der Waals surface area (Å²) in [5, 5.41) is 17.6. The monoisotopic (exact) mass is 565 g/mol. The van der Waals surface area contributed by atoms with Crippen molar-refractivity contribution in [1.82, 2.24) is 16.0 Å². The summed E-state index contributed by atoms with van der Waals surface area (Å²) in [6.45, 7) is 4.00. The number of aliphatic carboxylic acids is 1. The lowest BCUT2D eigenvalue weighted by Crippen LogP contribution is -2.57. The minimum atomic E-state index is -1.19. The molecule has 39 heavy (non-hydrogen) atoms. The van der Waals surface area contributed by atoms with Crippen molar-refractivity contribution in [3.63, 3.8) is 0 Å². The largest absolute Gasteiger partial charge is 0.480 e. The van der Waals surface area contributed by atoms with E-state index in [1.54, 1.807) is 36.0 Å². The number of rotatable bonds is 18. The third-order valence-corrected chi connectivity index (χ3v) is 6.43. The molecule has 1 aromatic rings. The number of hydrogen-bond acceptors (Lipinski definition) is 7. The predicted octanol–water partition coefficient (Wildman–Crippen LogP) is -0.0518. The first-order valence-corrected chi connectivity index (χ1v) is 14.3. The third kappa shape index (κ3) is 13.9. The van der Waals surface area contributed by atoms with E-state index in [4.69, 9.17) is 17.2 Å². The molecule has 10 N–H and O–H groups in total. The standard InChI is InChI=1S/C26H43N7O5S/c1-16(2)14-20(24(36)33-21(25(37)38)15-17-8-5-4-6-9-17)32-23(35)19(10-7-12-30-26(28)29)31-22(34)18(27)11-13-39-3/h4-6,8-9,16,18-21H,7,10-15,27H2,1-3H3,(H,31,34)(H,32,35)(H,33,36)(H,37,38)(H4,28,29,30). The van der Waals surface area contributed by atoms with Gasteiger partial charge >= 0.3 is 5.97 Å². The molecule has 4 atom stereocenters.